The van der Waals surface area contributed by atoms with Gasteiger partial charge in [0.15, 0.2) is 11.4 Å². The van der Waals surface area contributed by atoms with E-state index in [4.69, 9.17) is 10.2 Å². The van der Waals surface area contributed by atoms with Crippen molar-refractivity contribution in [1.82, 2.24) is 40.3 Å². The van der Waals surface area contributed by atoms with Gasteiger partial charge in [-0.05, 0) is 19.3 Å². The van der Waals surface area contributed by atoms with E-state index in [0.29, 0.717) is 30.0 Å². The molecule has 3 N–H and O–H groups in total. The van der Waals surface area contributed by atoms with E-state index in [1.807, 2.05) is 0 Å². The third-order valence-corrected chi connectivity index (χ3v) is 5.95. The summed E-state index contributed by atoms with van der Waals surface area (Å²) >= 11 is 1.20. The number of aliphatic hydroxyl groups excluding tert-OH is 1. The van der Waals surface area contributed by atoms with Gasteiger partial charge >= 0.3 is 12.0 Å². The number of nitrogens with zero attached hydrogens (tertiary/aromatic N) is 7. The smallest absolute Gasteiger partial charge is 0.367 e. The van der Waals surface area contributed by atoms with Gasteiger partial charge in [-0.1, -0.05) is 10.4 Å². The topological polar surface area (TPSA) is 161 Å². The van der Waals surface area contributed by atoms with Gasteiger partial charge in [0, 0.05) is 23.5 Å². The molecule has 12 nitrogen and oxygen atoms in total. The van der Waals surface area contributed by atoms with Crippen LogP contribution < -0.4 is 5.32 Å². The third-order valence-electron chi connectivity index (χ3n) is 5.11. The number of alkyl halides is 2. The number of hydrogen-bond acceptors (Lipinski definition) is 9. The zero-order chi connectivity index (χ0) is 22.9. The van der Waals surface area contributed by atoms with E-state index in [-0.39, 0.29) is 22.6 Å². The molecular weight excluding hydrogens is 450 g/mol. The molecule has 32 heavy (non-hydrogen) atoms. The van der Waals surface area contributed by atoms with Gasteiger partial charge in [0.2, 0.25) is 0 Å². The van der Waals surface area contributed by atoms with Crippen LogP contribution in [0.3, 0.4) is 0 Å². The highest BCUT2D eigenvalue weighted by Crippen LogP contribution is 2.35. The first-order valence-electron chi connectivity index (χ1n) is 9.50. The van der Waals surface area contributed by atoms with Gasteiger partial charge in [-0.25, -0.2) is 14.5 Å². The summed E-state index contributed by atoms with van der Waals surface area (Å²) in [6, 6.07) is -3.65. The Balaban J connectivity index is 1.41. The average Bonchev–Trinajstić information content (AvgIpc) is 3.47. The first-order chi connectivity index (χ1) is 15.2. The zero-order valence-corrected chi connectivity index (χ0v) is 17.3. The summed E-state index contributed by atoms with van der Waals surface area (Å²) in [6.07, 6.45) is 5.06. The van der Waals surface area contributed by atoms with Gasteiger partial charge in [0.1, 0.15) is 11.6 Å². The number of aromatic carboxylic acids is 1. The molecule has 3 aromatic heterocycles. The minimum Gasteiger partial charge on any atom is -0.476 e. The molecule has 170 valence electrons. The number of aliphatic hydroxyl groups is 1. The number of thiazole rings is 1. The van der Waals surface area contributed by atoms with Crippen LogP contribution in [0.5, 0.6) is 0 Å². The highest BCUT2D eigenvalue weighted by molar-refractivity contribution is 7.09. The Morgan fingerprint density at radius 2 is 2.00 bits per heavy atom. The number of hydrogen-bond donors (Lipinski definition) is 3. The van der Waals surface area contributed by atoms with Crippen molar-refractivity contribution in [3.05, 3.63) is 39.9 Å². The highest BCUT2D eigenvalue weighted by atomic mass is 32.1. The molecule has 0 spiro atoms. The Morgan fingerprint density at radius 3 is 2.62 bits per heavy atom. The van der Waals surface area contributed by atoms with E-state index < -0.39 is 30.1 Å². The fourth-order valence-corrected chi connectivity index (χ4v) is 4.08. The van der Waals surface area contributed by atoms with Crippen LogP contribution in [-0.4, -0.2) is 69.2 Å². The lowest BCUT2D eigenvalue weighted by atomic mass is 9.73. The summed E-state index contributed by atoms with van der Waals surface area (Å²) in [5, 5.41) is 37.4. The van der Waals surface area contributed by atoms with E-state index in [0.717, 1.165) is 12.6 Å². The number of carbonyl (C=O) groups is 2. The number of nitrogens with one attached hydrogen (secondary N) is 1. The van der Waals surface area contributed by atoms with E-state index >= 15 is 0 Å². The number of carboxylic acids is 1. The lowest BCUT2D eigenvalue weighted by molar-refractivity contribution is -0.131. The number of carboxylic acid groups (broad SMARTS) is 1. The van der Waals surface area contributed by atoms with Crippen LogP contribution in [0.1, 0.15) is 50.9 Å². The van der Waals surface area contributed by atoms with Crippen molar-refractivity contribution in [2.24, 2.45) is 0 Å². The molecule has 1 saturated carbocycles. The van der Waals surface area contributed by atoms with Gasteiger partial charge < -0.3 is 15.5 Å². The van der Waals surface area contributed by atoms with E-state index in [1.165, 1.54) is 21.4 Å². The molecule has 3 aromatic rings. The van der Waals surface area contributed by atoms with Gasteiger partial charge in [-0.3, -0.25) is 4.79 Å². The van der Waals surface area contributed by atoms with Crippen LogP contribution in [0.2, 0.25) is 0 Å². The summed E-state index contributed by atoms with van der Waals surface area (Å²) in [5.74, 6) is -1.75. The number of halogens is 2. The minimum atomic E-state index is -3.65. The zero-order valence-electron chi connectivity index (χ0n) is 16.5. The van der Waals surface area contributed by atoms with Crippen molar-refractivity contribution in [3.8, 4) is 0 Å². The minimum absolute atomic E-state index is 0.0323. The van der Waals surface area contributed by atoms with Crippen LogP contribution in [-0.2, 0) is 19.0 Å². The average molecular weight is 468 g/mol. The monoisotopic (exact) mass is 468 g/mol. The van der Waals surface area contributed by atoms with Gasteiger partial charge in [0.25, 0.3) is 5.91 Å². The first kappa shape index (κ1) is 21.9. The molecule has 4 rings (SSSR count). The molecule has 0 aromatic carbocycles. The van der Waals surface area contributed by atoms with Crippen LogP contribution in [0.4, 0.5) is 8.78 Å². The van der Waals surface area contributed by atoms with E-state index in [2.05, 4.69) is 30.9 Å². The molecule has 0 aliphatic heterocycles. The third kappa shape index (κ3) is 4.47. The number of rotatable bonds is 9. The molecule has 0 bridgehead atoms. The summed E-state index contributed by atoms with van der Waals surface area (Å²) in [7, 11) is 0. The van der Waals surface area contributed by atoms with E-state index in [9.17, 15) is 18.4 Å². The lowest BCUT2D eigenvalue weighted by Gasteiger charge is -2.42. The quantitative estimate of drug-likeness (QED) is 0.406. The lowest BCUT2D eigenvalue weighted by Crippen LogP contribution is -2.55. The second kappa shape index (κ2) is 8.31. The Hall–Kier alpha value is -3.33. The van der Waals surface area contributed by atoms with Crippen molar-refractivity contribution in [2.45, 2.75) is 43.8 Å². The molecule has 0 radical (unpaired) electrons. The predicted octanol–water partition coefficient (Wildman–Crippen LogP) is 0.509. The predicted molar refractivity (Wildman–Crippen MR) is 103 cm³/mol. The van der Waals surface area contributed by atoms with Crippen LogP contribution in [0, 0.1) is 0 Å². The summed E-state index contributed by atoms with van der Waals surface area (Å²) in [5.41, 5.74) is -0.324. The van der Waals surface area contributed by atoms with Crippen molar-refractivity contribution < 1.29 is 28.6 Å². The Labute approximate surface area is 182 Å². The van der Waals surface area contributed by atoms with Gasteiger partial charge in [-0.15, -0.1) is 21.5 Å². The van der Waals surface area contributed by atoms with Crippen molar-refractivity contribution >= 4 is 23.2 Å². The maximum atomic E-state index is 13.5. The molecule has 0 saturated heterocycles. The highest BCUT2D eigenvalue weighted by Gasteiger charge is 2.40. The van der Waals surface area contributed by atoms with Crippen LogP contribution in [0.15, 0.2) is 17.8 Å². The van der Waals surface area contributed by atoms with Crippen molar-refractivity contribution in [3.63, 3.8) is 0 Å². The van der Waals surface area contributed by atoms with Gasteiger partial charge in [0.05, 0.1) is 18.4 Å². The van der Waals surface area contributed by atoms with Gasteiger partial charge in [-0.2, -0.15) is 13.5 Å². The molecule has 1 aliphatic rings. The molecule has 0 unspecified atom stereocenters. The Bertz CT molecular complexity index is 1140. The number of amides is 1. The van der Waals surface area contributed by atoms with Crippen molar-refractivity contribution in [1.29, 1.82) is 0 Å². The fraction of sp³-hybridized carbons (Fsp3) is 0.471. The second-order valence-corrected chi connectivity index (χ2v) is 8.42. The molecule has 1 amide bonds. The van der Waals surface area contributed by atoms with Crippen molar-refractivity contribution in [2.75, 3.05) is 6.61 Å². The molecule has 0 atom stereocenters. The second-order valence-electron chi connectivity index (χ2n) is 7.48. The van der Waals surface area contributed by atoms with Crippen LogP contribution in [0.25, 0.3) is 0 Å². The largest absolute Gasteiger partial charge is 0.476 e. The normalized spacial score (nSPS) is 15.3. The number of aromatic nitrogens is 7. The number of carbonyl (C=O) groups excluding carboxylic acids is 1. The standard InChI is InChI=1S/C17H18F2N8O4S/c18-17(19,9-28)27-6-11(23-25-27)14(29)21-16(2-1-3-16)4-10-5-26(24-22-10)7-13-20-12(8-32-13)15(30)31/h5-6,8,28H,1-4,7,9H2,(H,21,29)(H,30,31). The Morgan fingerprint density at radius 1 is 1.22 bits per heavy atom. The molecule has 15 heteroatoms. The van der Waals surface area contributed by atoms with E-state index in [1.54, 1.807) is 6.20 Å². The fourth-order valence-electron chi connectivity index (χ4n) is 3.32. The molecular formula is C17H18F2N8O4S. The molecule has 1 fully saturated rings. The maximum Gasteiger partial charge on any atom is 0.367 e. The summed E-state index contributed by atoms with van der Waals surface area (Å²) < 4.78 is 28.7. The Kier molecular flexibility index (Phi) is 5.68. The molecule has 1 aliphatic carbocycles. The summed E-state index contributed by atoms with van der Waals surface area (Å²) in [4.78, 5) is 27.5. The SMILES string of the molecule is O=C(O)c1csc(Cn2cc(CC3(NC(=O)c4cn(C(F)(F)CO)nn4)CCC3)nn2)n1. The maximum absolute atomic E-state index is 13.5. The van der Waals surface area contributed by atoms with Crippen LogP contribution >= 0.6 is 11.3 Å². The first-order valence-corrected chi connectivity index (χ1v) is 10.4. The molecule has 3 heterocycles. The summed E-state index contributed by atoms with van der Waals surface area (Å²) in [6.45, 7) is -1.21.